The van der Waals surface area contributed by atoms with Crippen molar-refractivity contribution >= 4 is 44.9 Å². The number of nitrogens with one attached hydrogen (secondary N) is 2. The van der Waals surface area contributed by atoms with Crippen molar-refractivity contribution in [1.29, 1.82) is 0 Å². The topological polar surface area (TPSA) is 102 Å². The third kappa shape index (κ3) is 5.16. The van der Waals surface area contributed by atoms with Gasteiger partial charge in [0, 0.05) is 22.0 Å². The van der Waals surface area contributed by atoms with Crippen molar-refractivity contribution < 1.29 is 22.7 Å². The highest BCUT2D eigenvalue weighted by Gasteiger charge is 2.15. The molecule has 30 heavy (non-hydrogen) atoms. The molecule has 1 amide bonds. The summed E-state index contributed by atoms with van der Waals surface area (Å²) in [7, 11) is -2.55. The summed E-state index contributed by atoms with van der Waals surface area (Å²) in [5.74, 6) is -0.915. The van der Waals surface area contributed by atoms with Crippen LogP contribution in [0.25, 0.3) is 0 Å². The summed E-state index contributed by atoms with van der Waals surface area (Å²) in [4.78, 5) is 24.0. The van der Waals surface area contributed by atoms with Gasteiger partial charge < -0.3 is 10.1 Å². The fourth-order valence-electron chi connectivity index (χ4n) is 2.56. The Bertz CT molecular complexity index is 1180. The second-order valence-corrected chi connectivity index (χ2v) is 8.28. The highest BCUT2D eigenvalue weighted by Crippen LogP contribution is 2.20. The summed E-state index contributed by atoms with van der Waals surface area (Å²) in [6.45, 7) is 0. The van der Waals surface area contributed by atoms with Gasteiger partial charge in [-0.1, -0.05) is 17.7 Å². The molecule has 0 aromatic heterocycles. The summed E-state index contributed by atoms with van der Waals surface area (Å²) < 4.78 is 32.1. The van der Waals surface area contributed by atoms with Gasteiger partial charge in [-0.15, -0.1) is 0 Å². The summed E-state index contributed by atoms with van der Waals surface area (Å²) in [5, 5.41) is 3.11. The largest absolute Gasteiger partial charge is 0.465 e. The molecule has 0 fully saturated rings. The van der Waals surface area contributed by atoms with Crippen LogP contribution in [-0.4, -0.2) is 27.4 Å². The first-order valence-corrected chi connectivity index (χ1v) is 10.5. The minimum absolute atomic E-state index is 0.0486. The number of sulfonamides is 1. The zero-order valence-corrected chi connectivity index (χ0v) is 17.3. The normalized spacial score (nSPS) is 10.9. The molecule has 0 spiro atoms. The second-order valence-electron chi connectivity index (χ2n) is 6.16. The van der Waals surface area contributed by atoms with Crippen LogP contribution < -0.4 is 10.0 Å². The van der Waals surface area contributed by atoms with E-state index in [1.807, 2.05) is 0 Å². The predicted molar refractivity (Wildman–Crippen MR) is 114 cm³/mol. The third-order valence-corrected chi connectivity index (χ3v) is 5.71. The molecule has 2 N–H and O–H groups in total. The Morgan fingerprint density at radius 3 is 2.17 bits per heavy atom. The van der Waals surface area contributed by atoms with Gasteiger partial charge in [0.05, 0.1) is 17.6 Å². The van der Waals surface area contributed by atoms with Crippen LogP contribution in [0, 0.1) is 0 Å². The molecule has 3 aromatic carbocycles. The molecule has 0 aliphatic rings. The number of ether oxygens (including phenoxy) is 1. The van der Waals surface area contributed by atoms with Crippen molar-refractivity contribution in [3.05, 3.63) is 88.9 Å². The van der Waals surface area contributed by atoms with Gasteiger partial charge >= 0.3 is 5.97 Å². The first kappa shape index (κ1) is 21.4. The van der Waals surface area contributed by atoms with E-state index in [2.05, 4.69) is 14.8 Å². The monoisotopic (exact) mass is 444 g/mol. The van der Waals surface area contributed by atoms with Gasteiger partial charge in [0.15, 0.2) is 0 Å². The molecule has 0 heterocycles. The Morgan fingerprint density at radius 1 is 0.867 bits per heavy atom. The Kier molecular flexibility index (Phi) is 6.39. The van der Waals surface area contributed by atoms with Crippen LogP contribution in [0.15, 0.2) is 77.7 Å². The molecule has 0 radical (unpaired) electrons. The number of carbonyl (C=O) groups is 2. The van der Waals surface area contributed by atoms with E-state index in [1.165, 1.54) is 55.6 Å². The van der Waals surface area contributed by atoms with Gasteiger partial charge in [-0.25, -0.2) is 13.2 Å². The van der Waals surface area contributed by atoms with Gasteiger partial charge in [-0.2, -0.15) is 0 Å². The molecule has 3 aromatic rings. The van der Waals surface area contributed by atoms with Crippen molar-refractivity contribution in [2.45, 2.75) is 4.90 Å². The first-order valence-electron chi connectivity index (χ1n) is 8.67. The van der Waals surface area contributed by atoms with E-state index in [4.69, 9.17) is 11.6 Å². The number of esters is 1. The zero-order valence-electron chi connectivity index (χ0n) is 15.8. The van der Waals surface area contributed by atoms with Gasteiger partial charge in [0.1, 0.15) is 0 Å². The van der Waals surface area contributed by atoms with Crippen LogP contribution in [0.4, 0.5) is 11.4 Å². The van der Waals surface area contributed by atoms with Crippen molar-refractivity contribution in [3.8, 4) is 0 Å². The standard InChI is InChI=1S/C21H17ClN2O5S/c1-29-21(26)14-5-9-17(10-6-14)23-20(25)15-3-2-4-18(13-15)24-30(27,28)19-11-7-16(22)8-12-19/h2-13,24H,1H3,(H,23,25). The van der Waals surface area contributed by atoms with E-state index in [9.17, 15) is 18.0 Å². The predicted octanol–water partition coefficient (Wildman–Crippen LogP) is 4.18. The summed E-state index contributed by atoms with van der Waals surface area (Å²) in [6.07, 6.45) is 0. The van der Waals surface area contributed by atoms with E-state index in [1.54, 1.807) is 24.3 Å². The molecule has 9 heteroatoms. The van der Waals surface area contributed by atoms with Crippen molar-refractivity contribution in [2.24, 2.45) is 0 Å². The van der Waals surface area contributed by atoms with E-state index in [0.717, 1.165) is 0 Å². The lowest BCUT2D eigenvalue weighted by molar-refractivity contribution is 0.0600. The molecule has 3 rings (SSSR count). The number of amides is 1. The summed E-state index contributed by atoms with van der Waals surface area (Å²) in [5.41, 5.74) is 1.32. The maximum absolute atomic E-state index is 12.5. The molecule has 0 bridgehead atoms. The Balaban J connectivity index is 1.73. The number of benzene rings is 3. The lowest BCUT2D eigenvalue weighted by Gasteiger charge is -2.10. The van der Waals surface area contributed by atoms with E-state index in [-0.39, 0.29) is 16.1 Å². The number of methoxy groups -OCH3 is 1. The number of hydrogen-bond acceptors (Lipinski definition) is 5. The molecular weight excluding hydrogens is 428 g/mol. The minimum atomic E-state index is -3.83. The molecule has 7 nitrogen and oxygen atoms in total. The number of hydrogen-bond donors (Lipinski definition) is 2. The van der Waals surface area contributed by atoms with Crippen LogP contribution in [0.5, 0.6) is 0 Å². The van der Waals surface area contributed by atoms with Crippen LogP contribution in [-0.2, 0) is 14.8 Å². The number of anilines is 2. The van der Waals surface area contributed by atoms with Gasteiger partial charge in [0.2, 0.25) is 0 Å². The smallest absolute Gasteiger partial charge is 0.337 e. The zero-order chi connectivity index (χ0) is 21.7. The first-order chi connectivity index (χ1) is 14.3. The van der Waals surface area contributed by atoms with E-state index < -0.39 is 21.9 Å². The number of halogens is 1. The third-order valence-electron chi connectivity index (χ3n) is 4.06. The van der Waals surface area contributed by atoms with E-state index in [0.29, 0.717) is 16.3 Å². The van der Waals surface area contributed by atoms with Crippen LogP contribution in [0.1, 0.15) is 20.7 Å². The average molecular weight is 445 g/mol. The highest BCUT2D eigenvalue weighted by molar-refractivity contribution is 7.92. The Morgan fingerprint density at radius 2 is 1.53 bits per heavy atom. The average Bonchev–Trinajstić information content (AvgIpc) is 2.74. The van der Waals surface area contributed by atoms with Crippen molar-refractivity contribution in [2.75, 3.05) is 17.1 Å². The SMILES string of the molecule is COC(=O)c1ccc(NC(=O)c2cccc(NS(=O)(=O)c3ccc(Cl)cc3)c2)cc1. The van der Waals surface area contributed by atoms with Crippen LogP contribution >= 0.6 is 11.6 Å². The van der Waals surface area contributed by atoms with Crippen molar-refractivity contribution in [1.82, 2.24) is 0 Å². The van der Waals surface area contributed by atoms with Crippen LogP contribution in [0.3, 0.4) is 0 Å². The Labute approximate surface area is 178 Å². The maximum Gasteiger partial charge on any atom is 0.337 e. The fraction of sp³-hybridized carbons (Fsp3) is 0.0476. The number of rotatable bonds is 6. The van der Waals surface area contributed by atoms with Gasteiger partial charge in [0.25, 0.3) is 15.9 Å². The van der Waals surface area contributed by atoms with Crippen LogP contribution in [0.2, 0.25) is 5.02 Å². The Hall–Kier alpha value is -3.36. The molecular formula is C21H17ClN2O5S. The summed E-state index contributed by atoms with van der Waals surface area (Å²) in [6, 6.07) is 18.0. The van der Waals surface area contributed by atoms with Crippen molar-refractivity contribution in [3.63, 3.8) is 0 Å². The molecule has 0 aliphatic carbocycles. The quantitative estimate of drug-likeness (QED) is 0.555. The minimum Gasteiger partial charge on any atom is -0.465 e. The second kappa shape index (κ2) is 8.98. The lowest BCUT2D eigenvalue weighted by atomic mass is 10.1. The molecule has 154 valence electrons. The molecule has 0 unspecified atom stereocenters. The maximum atomic E-state index is 12.5. The van der Waals surface area contributed by atoms with Gasteiger partial charge in [-0.3, -0.25) is 9.52 Å². The molecule has 0 saturated heterocycles. The highest BCUT2D eigenvalue weighted by atomic mass is 35.5. The van der Waals surface area contributed by atoms with Gasteiger partial charge in [-0.05, 0) is 66.7 Å². The molecule has 0 saturated carbocycles. The number of carbonyl (C=O) groups excluding carboxylic acids is 2. The lowest BCUT2D eigenvalue weighted by Crippen LogP contribution is -2.15. The summed E-state index contributed by atoms with van der Waals surface area (Å²) >= 11 is 5.79. The fourth-order valence-corrected chi connectivity index (χ4v) is 3.74. The molecule has 0 aliphatic heterocycles. The van der Waals surface area contributed by atoms with E-state index >= 15 is 0 Å². The molecule has 0 atom stereocenters.